The van der Waals surface area contributed by atoms with Crippen molar-refractivity contribution in [1.29, 1.82) is 0 Å². The molecule has 0 spiro atoms. The first-order chi connectivity index (χ1) is 9.20. The number of thiophene rings is 1. The van der Waals surface area contributed by atoms with Crippen molar-refractivity contribution in [3.8, 4) is 11.8 Å². The molecule has 1 unspecified atom stereocenters. The molecule has 1 atom stereocenters. The summed E-state index contributed by atoms with van der Waals surface area (Å²) in [5.74, 6) is 8.05. The van der Waals surface area contributed by atoms with Gasteiger partial charge in [0.2, 0.25) is 0 Å². The number of aliphatic hydroxyl groups excluding tert-OH is 1. The van der Waals surface area contributed by atoms with Crippen molar-refractivity contribution in [3.63, 3.8) is 0 Å². The molecule has 2 N–H and O–H groups in total. The van der Waals surface area contributed by atoms with Crippen LogP contribution in [0.5, 0.6) is 0 Å². The molecule has 19 heavy (non-hydrogen) atoms. The molecule has 1 saturated heterocycles. The van der Waals surface area contributed by atoms with Crippen molar-refractivity contribution in [3.05, 3.63) is 21.4 Å². The zero-order chi connectivity index (χ0) is 13.7. The summed E-state index contributed by atoms with van der Waals surface area (Å²) in [5.41, 5.74) is 1.03. The van der Waals surface area contributed by atoms with Crippen LogP contribution in [0.1, 0.15) is 33.0 Å². The van der Waals surface area contributed by atoms with E-state index >= 15 is 0 Å². The maximum Gasteiger partial charge on any atom is 0.261 e. The highest BCUT2D eigenvalue weighted by atomic mass is 32.2. The molecule has 0 radical (unpaired) electrons. The molecule has 0 aliphatic carbocycles. The Hall–Kier alpha value is -0.960. The average Bonchev–Trinajstić information content (AvgIpc) is 3.00. The van der Waals surface area contributed by atoms with Crippen LogP contribution in [0.2, 0.25) is 0 Å². The molecule has 1 amide bonds. The minimum atomic E-state index is 0.0100. The van der Waals surface area contributed by atoms with Gasteiger partial charge in [0.15, 0.2) is 0 Å². The first kappa shape index (κ1) is 14.4. The van der Waals surface area contributed by atoms with Gasteiger partial charge in [-0.2, -0.15) is 11.8 Å². The van der Waals surface area contributed by atoms with E-state index in [4.69, 9.17) is 5.11 Å². The van der Waals surface area contributed by atoms with Crippen LogP contribution >= 0.6 is 23.1 Å². The summed E-state index contributed by atoms with van der Waals surface area (Å²) in [5, 5.41) is 11.8. The first-order valence-electron chi connectivity index (χ1n) is 6.29. The number of carbonyl (C=O) groups excluding carboxylic acids is 1. The lowest BCUT2D eigenvalue weighted by Gasteiger charge is -2.09. The van der Waals surface area contributed by atoms with Crippen molar-refractivity contribution < 1.29 is 9.90 Å². The van der Waals surface area contributed by atoms with Crippen molar-refractivity contribution >= 4 is 29.0 Å². The molecule has 0 aromatic carbocycles. The highest BCUT2D eigenvalue weighted by Gasteiger charge is 2.19. The quantitative estimate of drug-likeness (QED) is 0.839. The summed E-state index contributed by atoms with van der Waals surface area (Å²) in [6.07, 6.45) is 1.53. The Morgan fingerprint density at radius 1 is 1.63 bits per heavy atom. The number of aliphatic hydroxyl groups is 1. The van der Waals surface area contributed by atoms with Crippen LogP contribution in [0.3, 0.4) is 0 Å². The van der Waals surface area contributed by atoms with Crippen LogP contribution in [0.25, 0.3) is 0 Å². The minimum absolute atomic E-state index is 0.0100. The van der Waals surface area contributed by atoms with Gasteiger partial charge in [-0.3, -0.25) is 4.79 Å². The Bertz CT molecular complexity index is 507. The number of hydrogen-bond acceptors (Lipinski definition) is 4. The van der Waals surface area contributed by atoms with Crippen LogP contribution in [-0.4, -0.2) is 35.2 Å². The predicted octanol–water partition coefficient (Wildman–Crippen LogP) is 2.03. The lowest BCUT2D eigenvalue weighted by Crippen LogP contribution is -2.34. The van der Waals surface area contributed by atoms with Crippen LogP contribution in [0.15, 0.2) is 6.07 Å². The number of rotatable bonds is 3. The maximum atomic E-state index is 12.1. The summed E-state index contributed by atoms with van der Waals surface area (Å²) in [4.78, 5) is 13.7. The van der Waals surface area contributed by atoms with Gasteiger partial charge in [-0.25, -0.2) is 0 Å². The fourth-order valence-electron chi connectivity index (χ4n) is 1.82. The molecule has 2 rings (SSSR count). The lowest BCUT2D eigenvalue weighted by atomic mass is 10.2. The number of nitrogens with one attached hydrogen (secondary N) is 1. The van der Waals surface area contributed by atoms with Gasteiger partial charge in [0.05, 0.1) is 16.4 Å². The second kappa shape index (κ2) is 6.99. The van der Waals surface area contributed by atoms with E-state index in [9.17, 15) is 4.79 Å². The fraction of sp³-hybridized carbons (Fsp3) is 0.500. The summed E-state index contributed by atoms with van der Waals surface area (Å²) in [6, 6.07) is 2.20. The topological polar surface area (TPSA) is 49.3 Å². The number of thioether (sulfide) groups is 1. The van der Waals surface area contributed by atoms with Crippen LogP contribution in [-0.2, 0) is 0 Å². The van der Waals surface area contributed by atoms with Crippen LogP contribution in [0.4, 0.5) is 0 Å². The predicted molar refractivity (Wildman–Crippen MR) is 80.8 cm³/mol. The fourth-order valence-corrected chi connectivity index (χ4v) is 3.92. The van der Waals surface area contributed by atoms with Gasteiger partial charge >= 0.3 is 0 Å². The SMILES string of the molecule is Cc1cc(C(=O)NC2CCSC2)sc1C#CCCO. The first-order valence-corrected chi connectivity index (χ1v) is 8.26. The van der Waals surface area contributed by atoms with Gasteiger partial charge < -0.3 is 10.4 Å². The zero-order valence-electron chi connectivity index (χ0n) is 10.9. The maximum absolute atomic E-state index is 12.1. The van der Waals surface area contributed by atoms with E-state index in [1.54, 1.807) is 0 Å². The highest BCUT2D eigenvalue weighted by molar-refractivity contribution is 7.99. The van der Waals surface area contributed by atoms with E-state index in [0.29, 0.717) is 12.5 Å². The van der Waals surface area contributed by atoms with E-state index in [1.807, 2.05) is 24.8 Å². The van der Waals surface area contributed by atoms with Gasteiger partial charge in [-0.1, -0.05) is 11.8 Å². The molecular formula is C14H17NO2S2. The smallest absolute Gasteiger partial charge is 0.261 e. The lowest BCUT2D eigenvalue weighted by molar-refractivity contribution is 0.0945. The zero-order valence-corrected chi connectivity index (χ0v) is 12.5. The van der Waals surface area contributed by atoms with Gasteiger partial charge in [-0.05, 0) is 30.7 Å². The number of aryl methyl sites for hydroxylation is 1. The third-order valence-corrected chi connectivity index (χ3v) is 5.16. The monoisotopic (exact) mass is 295 g/mol. The summed E-state index contributed by atoms with van der Waals surface area (Å²) < 4.78 is 0. The second-order valence-electron chi connectivity index (χ2n) is 4.43. The van der Waals surface area contributed by atoms with E-state index in [1.165, 1.54) is 11.3 Å². The number of carbonyl (C=O) groups is 1. The molecule has 3 nitrogen and oxygen atoms in total. The van der Waals surface area contributed by atoms with Crippen molar-refractivity contribution in [2.75, 3.05) is 18.1 Å². The third-order valence-electron chi connectivity index (χ3n) is 2.85. The summed E-state index contributed by atoms with van der Waals surface area (Å²) >= 11 is 3.31. The molecule has 1 aromatic heterocycles. The molecule has 1 fully saturated rings. The standard InChI is InChI=1S/C14H17NO2S2/c1-10-8-13(19-12(10)4-2-3-6-16)14(17)15-11-5-7-18-9-11/h8,11,16H,3,5-7,9H2,1H3,(H,15,17). The molecule has 0 bridgehead atoms. The Balaban J connectivity index is 2.02. The van der Waals surface area contributed by atoms with Gasteiger partial charge in [-0.15, -0.1) is 11.3 Å². The summed E-state index contributed by atoms with van der Waals surface area (Å²) in [6.45, 7) is 2.03. The Morgan fingerprint density at radius 3 is 3.16 bits per heavy atom. The molecular weight excluding hydrogens is 278 g/mol. The Labute approximate surface area is 121 Å². The normalized spacial score (nSPS) is 17.9. The molecule has 1 aliphatic rings. The van der Waals surface area contributed by atoms with Gasteiger partial charge in [0.25, 0.3) is 5.91 Å². The molecule has 1 aliphatic heterocycles. The van der Waals surface area contributed by atoms with Crippen molar-refractivity contribution in [2.45, 2.75) is 25.8 Å². The largest absolute Gasteiger partial charge is 0.395 e. The van der Waals surface area contributed by atoms with Crippen LogP contribution in [0, 0.1) is 18.8 Å². The summed E-state index contributed by atoms with van der Waals surface area (Å²) in [7, 11) is 0. The van der Waals surface area contributed by atoms with E-state index in [-0.39, 0.29) is 12.5 Å². The average molecular weight is 295 g/mol. The molecule has 5 heteroatoms. The number of hydrogen-bond donors (Lipinski definition) is 2. The molecule has 1 aromatic rings. The minimum Gasteiger partial charge on any atom is -0.395 e. The molecule has 0 saturated carbocycles. The Kier molecular flexibility index (Phi) is 5.32. The molecule has 102 valence electrons. The third kappa shape index (κ3) is 4.00. The Morgan fingerprint density at radius 2 is 2.47 bits per heavy atom. The van der Waals surface area contributed by atoms with E-state index in [0.717, 1.165) is 33.2 Å². The molecule has 2 heterocycles. The van der Waals surface area contributed by atoms with Gasteiger partial charge in [0, 0.05) is 18.2 Å². The van der Waals surface area contributed by atoms with E-state index in [2.05, 4.69) is 17.2 Å². The van der Waals surface area contributed by atoms with E-state index < -0.39 is 0 Å². The second-order valence-corrected chi connectivity index (χ2v) is 6.63. The highest BCUT2D eigenvalue weighted by Crippen LogP contribution is 2.22. The van der Waals surface area contributed by atoms with Crippen molar-refractivity contribution in [2.24, 2.45) is 0 Å². The van der Waals surface area contributed by atoms with Crippen LogP contribution < -0.4 is 5.32 Å². The number of amides is 1. The van der Waals surface area contributed by atoms with Crippen molar-refractivity contribution in [1.82, 2.24) is 5.32 Å². The van der Waals surface area contributed by atoms with Gasteiger partial charge in [0.1, 0.15) is 0 Å².